The molecule has 1 aromatic rings. The summed E-state index contributed by atoms with van der Waals surface area (Å²) in [5.74, 6) is 0.421. The first-order valence-corrected chi connectivity index (χ1v) is 9.09. The van der Waals surface area contributed by atoms with Crippen molar-refractivity contribution in [3.8, 4) is 0 Å². The Morgan fingerprint density at radius 3 is 2.36 bits per heavy atom. The number of pyridine rings is 1. The second-order valence-electron chi connectivity index (χ2n) is 6.62. The van der Waals surface area contributed by atoms with Crippen molar-refractivity contribution >= 4 is 40.9 Å². The minimum absolute atomic E-state index is 0.0165. The number of hydrogen-bond donors (Lipinski definition) is 0. The number of esters is 1. The van der Waals surface area contributed by atoms with E-state index in [0.29, 0.717) is 44.8 Å². The molecule has 0 aromatic carbocycles. The summed E-state index contributed by atoms with van der Waals surface area (Å²) < 4.78 is 4.01. The van der Waals surface area contributed by atoms with Crippen molar-refractivity contribution in [2.75, 3.05) is 37.7 Å². The lowest BCUT2D eigenvalue weighted by Crippen LogP contribution is -2.51. The molecule has 0 bridgehead atoms. The highest BCUT2D eigenvalue weighted by Gasteiger charge is 2.68. The monoisotopic (exact) mass is 385 g/mol. The maximum absolute atomic E-state index is 12.6. The van der Waals surface area contributed by atoms with Crippen molar-refractivity contribution < 1.29 is 14.3 Å². The van der Waals surface area contributed by atoms with Crippen LogP contribution in [0.2, 0.25) is 0 Å². The van der Waals surface area contributed by atoms with Gasteiger partial charge in [0.05, 0.1) is 17.6 Å². The average Bonchev–Trinajstić information content (AvgIpc) is 3.14. The van der Waals surface area contributed by atoms with Crippen LogP contribution in [0.4, 0.5) is 5.82 Å². The van der Waals surface area contributed by atoms with Crippen molar-refractivity contribution in [3.05, 3.63) is 23.9 Å². The fourth-order valence-corrected chi connectivity index (χ4v) is 3.72. The molecule has 0 radical (unpaired) electrons. The number of alkyl halides is 2. The summed E-state index contributed by atoms with van der Waals surface area (Å²) in [6.07, 6.45) is 2.02. The summed E-state index contributed by atoms with van der Waals surface area (Å²) >= 11 is 12.2. The summed E-state index contributed by atoms with van der Waals surface area (Å²) in [6, 6.07) is 3.51. The van der Waals surface area contributed by atoms with E-state index in [1.165, 1.54) is 6.20 Å². The van der Waals surface area contributed by atoms with Gasteiger partial charge in [0.2, 0.25) is 5.91 Å². The van der Waals surface area contributed by atoms with Crippen molar-refractivity contribution in [1.29, 1.82) is 0 Å². The molecule has 1 atom stereocenters. The number of aromatic nitrogens is 1. The number of ether oxygens (including phenoxy) is 1. The van der Waals surface area contributed by atoms with E-state index in [2.05, 4.69) is 9.88 Å². The number of rotatable bonds is 4. The minimum Gasteiger partial charge on any atom is -0.462 e. The zero-order valence-corrected chi connectivity index (χ0v) is 15.8. The number of hydrogen-bond acceptors (Lipinski definition) is 5. The largest absolute Gasteiger partial charge is 0.462 e. The molecule has 2 heterocycles. The molecule has 1 unspecified atom stereocenters. The first-order valence-electron chi connectivity index (χ1n) is 8.34. The highest BCUT2D eigenvalue weighted by Crippen LogP contribution is 2.64. The summed E-state index contributed by atoms with van der Waals surface area (Å²) in [5, 5.41) is 0. The topological polar surface area (TPSA) is 62.7 Å². The van der Waals surface area contributed by atoms with Crippen molar-refractivity contribution in [2.45, 2.75) is 24.6 Å². The van der Waals surface area contributed by atoms with Crippen LogP contribution in [0.1, 0.15) is 30.6 Å². The van der Waals surface area contributed by atoms with E-state index in [4.69, 9.17) is 27.9 Å². The summed E-state index contributed by atoms with van der Waals surface area (Å²) in [5.41, 5.74) is -0.237. The van der Waals surface area contributed by atoms with E-state index in [1.807, 2.05) is 11.8 Å². The number of carbonyl (C=O) groups excluding carboxylic acids is 2. The van der Waals surface area contributed by atoms with Crippen molar-refractivity contribution in [2.24, 2.45) is 5.41 Å². The van der Waals surface area contributed by atoms with Crippen LogP contribution >= 0.6 is 23.2 Å². The molecular formula is C17H21Cl2N3O3. The number of carbonyl (C=O) groups is 2. The highest BCUT2D eigenvalue weighted by atomic mass is 35.5. The van der Waals surface area contributed by atoms with E-state index in [0.717, 1.165) is 5.82 Å². The van der Waals surface area contributed by atoms with Crippen LogP contribution in [0.15, 0.2) is 18.3 Å². The molecule has 0 N–H and O–H groups in total. The highest BCUT2D eigenvalue weighted by molar-refractivity contribution is 6.53. The molecule has 2 fully saturated rings. The van der Waals surface area contributed by atoms with Gasteiger partial charge in [-0.05, 0) is 32.4 Å². The number of nitrogens with zero attached hydrogens (tertiary/aromatic N) is 3. The fourth-order valence-electron chi connectivity index (χ4n) is 3.03. The van der Waals surface area contributed by atoms with Gasteiger partial charge in [0, 0.05) is 32.4 Å². The van der Waals surface area contributed by atoms with Gasteiger partial charge in [-0.2, -0.15) is 0 Å². The third-order valence-corrected chi connectivity index (χ3v) is 5.98. The molecule has 25 heavy (non-hydrogen) atoms. The summed E-state index contributed by atoms with van der Waals surface area (Å²) in [4.78, 5) is 32.5. The van der Waals surface area contributed by atoms with Crippen LogP contribution in [0.25, 0.3) is 0 Å². The minimum atomic E-state index is -0.939. The predicted molar refractivity (Wildman–Crippen MR) is 96.1 cm³/mol. The third-order valence-electron chi connectivity index (χ3n) is 4.88. The van der Waals surface area contributed by atoms with Crippen LogP contribution < -0.4 is 4.90 Å². The molecule has 1 saturated carbocycles. The van der Waals surface area contributed by atoms with E-state index < -0.39 is 9.75 Å². The second-order valence-corrected chi connectivity index (χ2v) is 8.10. The van der Waals surface area contributed by atoms with Gasteiger partial charge in [-0.25, -0.2) is 9.78 Å². The maximum Gasteiger partial charge on any atom is 0.339 e. The summed E-state index contributed by atoms with van der Waals surface area (Å²) in [6.45, 7) is 6.45. The molecule has 2 aliphatic rings. The third kappa shape index (κ3) is 3.42. The van der Waals surface area contributed by atoms with E-state index >= 15 is 0 Å². The van der Waals surface area contributed by atoms with Crippen molar-refractivity contribution in [1.82, 2.24) is 9.88 Å². The van der Waals surface area contributed by atoms with E-state index in [9.17, 15) is 9.59 Å². The zero-order chi connectivity index (χ0) is 18.2. The van der Waals surface area contributed by atoms with Crippen LogP contribution in [0.3, 0.4) is 0 Å². The zero-order valence-electron chi connectivity index (χ0n) is 14.3. The lowest BCUT2D eigenvalue weighted by Gasteiger charge is -2.37. The van der Waals surface area contributed by atoms with Gasteiger partial charge in [0.1, 0.15) is 10.2 Å². The standard InChI is InChI=1S/C17H21Cl2N3O3/c1-3-25-14(23)12-4-5-13(20-10-12)21-6-8-22(9-7-21)15(24)16(2)11-17(16,18)19/h4-5,10H,3,6-9,11H2,1-2H3. The average molecular weight is 386 g/mol. The Hall–Kier alpha value is -1.53. The molecular weight excluding hydrogens is 365 g/mol. The fraction of sp³-hybridized carbons (Fsp3) is 0.588. The molecule has 3 rings (SSSR count). The predicted octanol–water partition coefficient (Wildman–Crippen LogP) is 2.49. The Kier molecular flexibility index (Phi) is 4.86. The smallest absolute Gasteiger partial charge is 0.339 e. The number of anilines is 1. The lowest BCUT2D eigenvalue weighted by molar-refractivity contribution is -0.136. The molecule has 1 aliphatic carbocycles. The first kappa shape index (κ1) is 18.3. The molecule has 1 saturated heterocycles. The van der Waals surface area contributed by atoms with Gasteiger partial charge in [0.25, 0.3) is 0 Å². The van der Waals surface area contributed by atoms with Crippen LogP contribution in [-0.4, -0.2) is 58.9 Å². The number of amides is 1. The van der Waals surface area contributed by atoms with Gasteiger partial charge >= 0.3 is 5.97 Å². The van der Waals surface area contributed by atoms with Gasteiger partial charge in [-0.15, -0.1) is 23.2 Å². The van der Waals surface area contributed by atoms with E-state index in [-0.39, 0.29) is 11.9 Å². The number of piperazine rings is 1. The van der Waals surface area contributed by atoms with E-state index in [1.54, 1.807) is 19.1 Å². The molecule has 6 nitrogen and oxygen atoms in total. The first-order chi connectivity index (χ1) is 11.8. The number of halogens is 2. The molecule has 1 aliphatic heterocycles. The Bertz CT molecular complexity index is 672. The van der Waals surface area contributed by atoms with Crippen LogP contribution in [-0.2, 0) is 9.53 Å². The van der Waals surface area contributed by atoms with Crippen LogP contribution in [0.5, 0.6) is 0 Å². The Morgan fingerprint density at radius 2 is 1.88 bits per heavy atom. The second kappa shape index (κ2) is 6.65. The van der Waals surface area contributed by atoms with Gasteiger partial charge < -0.3 is 14.5 Å². The van der Waals surface area contributed by atoms with Crippen molar-refractivity contribution in [3.63, 3.8) is 0 Å². The summed E-state index contributed by atoms with van der Waals surface area (Å²) in [7, 11) is 0. The Balaban J connectivity index is 1.57. The Labute approximate surface area is 157 Å². The molecule has 136 valence electrons. The van der Waals surface area contributed by atoms with Gasteiger partial charge in [-0.1, -0.05) is 0 Å². The molecule has 8 heteroatoms. The lowest BCUT2D eigenvalue weighted by atomic mass is 10.1. The molecule has 0 spiro atoms. The van der Waals surface area contributed by atoms with Gasteiger partial charge in [0.15, 0.2) is 0 Å². The quantitative estimate of drug-likeness (QED) is 0.588. The maximum atomic E-state index is 12.6. The van der Waals surface area contributed by atoms with Gasteiger partial charge in [-0.3, -0.25) is 4.79 Å². The Morgan fingerprint density at radius 1 is 1.24 bits per heavy atom. The SMILES string of the molecule is CCOC(=O)c1ccc(N2CCN(C(=O)C3(C)CC3(Cl)Cl)CC2)nc1. The normalized spacial score (nSPS) is 24.8. The molecule has 1 aromatic heterocycles. The van der Waals surface area contributed by atoms with Crippen LogP contribution in [0, 0.1) is 5.41 Å². The molecule has 1 amide bonds.